The van der Waals surface area contributed by atoms with E-state index in [4.69, 9.17) is 11.6 Å². The zero-order chi connectivity index (χ0) is 24.4. The molecule has 9 heteroatoms. The van der Waals surface area contributed by atoms with E-state index < -0.39 is 28.5 Å². The van der Waals surface area contributed by atoms with Crippen molar-refractivity contribution < 1.29 is 18.0 Å². The quantitative estimate of drug-likeness (QED) is 0.457. The van der Waals surface area contributed by atoms with Crippen LogP contribution in [0.25, 0.3) is 0 Å². The van der Waals surface area contributed by atoms with Crippen LogP contribution in [-0.4, -0.2) is 55.6 Å². The van der Waals surface area contributed by atoms with Crippen molar-refractivity contribution in [1.82, 2.24) is 14.5 Å². The SMILES string of the molecule is CCCCNC(=O)[C@H](CC)N(Cc1ccccc1)C(=O)CN(C)S(=O)(=O)c1ccc(Cl)cc1. The fraction of sp³-hybridized carbons (Fsp3) is 0.417. The zero-order valence-electron chi connectivity index (χ0n) is 19.3. The van der Waals surface area contributed by atoms with Crippen LogP contribution in [0.4, 0.5) is 0 Å². The molecular formula is C24H32ClN3O4S. The Labute approximate surface area is 201 Å². The Morgan fingerprint density at radius 1 is 1.03 bits per heavy atom. The molecule has 0 spiro atoms. The number of hydrogen-bond acceptors (Lipinski definition) is 4. The normalized spacial score (nSPS) is 12.4. The maximum absolute atomic E-state index is 13.3. The van der Waals surface area contributed by atoms with Crippen molar-refractivity contribution in [2.24, 2.45) is 0 Å². The first kappa shape index (κ1) is 26.8. The molecule has 2 amide bonds. The minimum absolute atomic E-state index is 0.0427. The maximum Gasteiger partial charge on any atom is 0.243 e. The van der Waals surface area contributed by atoms with Gasteiger partial charge in [0.1, 0.15) is 6.04 Å². The van der Waals surface area contributed by atoms with E-state index in [-0.39, 0.29) is 17.3 Å². The summed E-state index contributed by atoms with van der Waals surface area (Å²) in [6.07, 6.45) is 2.19. The van der Waals surface area contributed by atoms with Crippen LogP contribution >= 0.6 is 11.6 Å². The van der Waals surface area contributed by atoms with Crippen LogP contribution in [0.2, 0.25) is 5.02 Å². The Balaban J connectivity index is 2.26. The first-order chi connectivity index (χ1) is 15.7. The van der Waals surface area contributed by atoms with Crippen LogP contribution < -0.4 is 5.32 Å². The van der Waals surface area contributed by atoms with E-state index in [2.05, 4.69) is 5.32 Å². The predicted octanol–water partition coefficient (Wildman–Crippen LogP) is 3.68. The molecule has 0 bridgehead atoms. The van der Waals surface area contributed by atoms with Crippen molar-refractivity contribution in [1.29, 1.82) is 0 Å². The fourth-order valence-corrected chi connectivity index (χ4v) is 4.60. The molecule has 180 valence electrons. The van der Waals surface area contributed by atoms with Gasteiger partial charge in [0.05, 0.1) is 11.4 Å². The molecule has 0 fully saturated rings. The summed E-state index contributed by atoms with van der Waals surface area (Å²) in [6, 6.07) is 14.4. The average Bonchev–Trinajstić information content (AvgIpc) is 2.80. The molecule has 0 radical (unpaired) electrons. The lowest BCUT2D eigenvalue weighted by Crippen LogP contribution is -2.51. The summed E-state index contributed by atoms with van der Waals surface area (Å²) >= 11 is 5.86. The van der Waals surface area contributed by atoms with Gasteiger partial charge in [0.25, 0.3) is 0 Å². The highest BCUT2D eigenvalue weighted by Crippen LogP contribution is 2.19. The Morgan fingerprint density at radius 2 is 1.67 bits per heavy atom. The Kier molecular flexibility index (Phi) is 10.3. The molecule has 2 aromatic carbocycles. The zero-order valence-corrected chi connectivity index (χ0v) is 20.9. The largest absolute Gasteiger partial charge is 0.354 e. The maximum atomic E-state index is 13.3. The van der Waals surface area contributed by atoms with Gasteiger partial charge >= 0.3 is 0 Å². The number of nitrogens with zero attached hydrogens (tertiary/aromatic N) is 2. The summed E-state index contributed by atoms with van der Waals surface area (Å²) in [7, 11) is -2.55. The molecule has 0 aliphatic rings. The van der Waals surface area contributed by atoms with E-state index in [9.17, 15) is 18.0 Å². The number of carbonyl (C=O) groups excluding carboxylic acids is 2. The molecule has 0 saturated heterocycles. The lowest BCUT2D eigenvalue weighted by atomic mass is 10.1. The number of unbranched alkanes of at least 4 members (excludes halogenated alkanes) is 1. The molecule has 2 rings (SSSR count). The third-order valence-electron chi connectivity index (χ3n) is 5.29. The number of carbonyl (C=O) groups is 2. The van der Waals surface area contributed by atoms with E-state index in [1.165, 1.54) is 36.2 Å². The second-order valence-corrected chi connectivity index (χ2v) is 10.3. The van der Waals surface area contributed by atoms with Crippen molar-refractivity contribution in [3.05, 3.63) is 65.2 Å². The van der Waals surface area contributed by atoms with Gasteiger partial charge in [0, 0.05) is 25.2 Å². The number of amides is 2. The van der Waals surface area contributed by atoms with Gasteiger partial charge in [-0.1, -0.05) is 62.2 Å². The first-order valence-corrected chi connectivity index (χ1v) is 12.9. The summed E-state index contributed by atoms with van der Waals surface area (Å²) in [5.74, 6) is -0.685. The van der Waals surface area contributed by atoms with Crippen molar-refractivity contribution in [2.45, 2.75) is 50.6 Å². The van der Waals surface area contributed by atoms with Crippen LogP contribution in [0.1, 0.15) is 38.7 Å². The van der Waals surface area contributed by atoms with E-state index in [1.807, 2.05) is 44.2 Å². The summed E-state index contributed by atoms with van der Waals surface area (Å²) in [5.41, 5.74) is 0.855. The van der Waals surface area contributed by atoms with E-state index in [0.717, 1.165) is 22.7 Å². The standard InChI is InChI=1S/C24H32ClN3O4S/c1-4-6-16-26-24(30)22(5-2)28(17-19-10-8-7-9-11-19)23(29)18-27(3)33(31,32)21-14-12-20(25)13-15-21/h7-15,22H,4-6,16-18H2,1-3H3,(H,26,30)/t22-/m0/s1. The molecule has 0 aromatic heterocycles. The molecule has 0 unspecified atom stereocenters. The molecule has 0 aliphatic carbocycles. The number of benzene rings is 2. The van der Waals surface area contributed by atoms with Crippen molar-refractivity contribution >= 4 is 33.4 Å². The minimum atomic E-state index is -3.90. The van der Waals surface area contributed by atoms with Crippen LogP contribution in [0.3, 0.4) is 0 Å². The lowest BCUT2D eigenvalue weighted by molar-refractivity contribution is -0.141. The Bertz CT molecular complexity index is 1010. The first-order valence-electron chi connectivity index (χ1n) is 11.0. The fourth-order valence-electron chi connectivity index (χ4n) is 3.36. The smallest absolute Gasteiger partial charge is 0.243 e. The molecule has 33 heavy (non-hydrogen) atoms. The monoisotopic (exact) mass is 493 g/mol. The van der Waals surface area contributed by atoms with E-state index in [0.29, 0.717) is 18.0 Å². The van der Waals surface area contributed by atoms with Gasteiger partial charge in [-0.2, -0.15) is 4.31 Å². The highest BCUT2D eigenvalue weighted by molar-refractivity contribution is 7.89. The predicted molar refractivity (Wildman–Crippen MR) is 130 cm³/mol. The van der Waals surface area contributed by atoms with E-state index >= 15 is 0 Å². The molecule has 0 heterocycles. The van der Waals surface area contributed by atoms with Crippen LogP contribution in [0, 0.1) is 0 Å². The highest BCUT2D eigenvalue weighted by Gasteiger charge is 2.31. The van der Waals surface area contributed by atoms with Crippen molar-refractivity contribution in [3.8, 4) is 0 Å². The van der Waals surface area contributed by atoms with Gasteiger partial charge in [-0.15, -0.1) is 0 Å². The number of halogens is 1. The van der Waals surface area contributed by atoms with Crippen LogP contribution in [0.5, 0.6) is 0 Å². The van der Waals surface area contributed by atoms with Gasteiger partial charge < -0.3 is 10.2 Å². The van der Waals surface area contributed by atoms with Crippen molar-refractivity contribution in [2.75, 3.05) is 20.1 Å². The van der Waals surface area contributed by atoms with Gasteiger partial charge in [0.2, 0.25) is 21.8 Å². The number of likely N-dealkylation sites (N-methyl/N-ethyl adjacent to an activating group) is 1. The number of sulfonamides is 1. The van der Waals surface area contributed by atoms with Crippen LogP contribution in [-0.2, 0) is 26.2 Å². The molecule has 2 aromatic rings. The molecule has 0 aliphatic heterocycles. The average molecular weight is 494 g/mol. The Morgan fingerprint density at radius 3 is 2.24 bits per heavy atom. The molecule has 7 nitrogen and oxygen atoms in total. The minimum Gasteiger partial charge on any atom is -0.354 e. The lowest BCUT2D eigenvalue weighted by Gasteiger charge is -2.32. The molecular weight excluding hydrogens is 462 g/mol. The van der Waals surface area contributed by atoms with Gasteiger partial charge in [-0.05, 0) is 42.7 Å². The summed E-state index contributed by atoms with van der Waals surface area (Å²) in [4.78, 5) is 27.7. The molecule has 1 N–H and O–H groups in total. The van der Waals surface area contributed by atoms with Crippen molar-refractivity contribution in [3.63, 3.8) is 0 Å². The van der Waals surface area contributed by atoms with Gasteiger partial charge in [0.15, 0.2) is 0 Å². The number of hydrogen-bond donors (Lipinski definition) is 1. The molecule has 1 atom stereocenters. The third-order valence-corrected chi connectivity index (χ3v) is 7.36. The van der Waals surface area contributed by atoms with Gasteiger partial charge in [-0.25, -0.2) is 8.42 Å². The summed E-state index contributed by atoms with van der Waals surface area (Å²) in [5, 5.41) is 3.31. The Hall–Kier alpha value is -2.42. The second-order valence-electron chi connectivity index (χ2n) is 7.79. The number of nitrogens with one attached hydrogen (secondary N) is 1. The molecule has 0 saturated carbocycles. The summed E-state index contributed by atoms with van der Waals surface area (Å²) in [6.45, 7) is 4.21. The topological polar surface area (TPSA) is 86.8 Å². The summed E-state index contributed by atoms with van der Waals surface area (Å²) < 4.78 is 26.9. The van der Waals surface area contributed by atoms with E-state index in [1.54, 1.807) is 0 Å². The third kappa shape index (κ3) is 7.55. The number of rotatable bonds is 12. The van der Waals surface area contributed by atoms with Crippen LogP contribution in [0.15, 0.2) is 59.5 Å². The second kappa shape index (κ2) is 12.7. The van der Waals surface area contributed by atoms with Gasteiger partial charge in [-0.3, -0.25) is 9.59 Å². The highest BCUT2D eigenvalue weighted by atomic mass is 35.5.